The molecule has 2 aromatic carbocycles. The number of aryl methyl sites for hydroxylation is 1. The predicted molar refractivity (Wildman–Crippen MR) is 115 cm³/mol. The van der Waals surface area contributed by atoms with Gasteiger partial charge in [0.2, 0.25) is 5.91 Å². The molecule has 1 aromatic heterocycles. The molecule has 0 fully saturated rings. The molecule has 0 radical (unpaired) electrons. The largest absolute Gasteiger partial charge is 0.497 e. The van der Waals surface area contributed by atoms with Gasteiger partial charge in [0.1, 0.15) is 23.4 Å². The molecule has 3 aromatic rings. The zero-order chi connectivity index (χ0) is 22.4. The van der Waals surface area contributed by atoms with Crippen LogP contribution < -0.4 is 10.1 Å². The summed E-state index contributed by atoms with van der Waals surface area (Å²) in [6, 6.07) is 14.7. The Balaban J connectivity index is 1.78. The second-order valence-electron chi connectivity index (χ2n) is 7.01. The zero-order valence-electron chi connectivity index (χ0n) is 17.1. The van der Waals surface area contributed by atoms with Gasteiger partial charge in [-0.3, -0.25) is 4.79 Å². The van der Waals surface area contributed by atoms with Crippen molar-refractivity contribution in [1.82, 2.24) is 14.9 Å². The molecular weight excluding hydrogens is 416 g/mol. The summed E-state index contributed by atoms with van der Waals surface area (Å²) in [6.45, 7) is 0. The van der Waals surface area contributed by atoms with Crippen molar-refractivity contribution in [3.8, 4) is 11.8 Å². The Morgan fingerprint density at radius 3 is 2.61 bits per heavy atom. The molecule has 1 N–H and O–H groups in total. The van der Waals surface area contributed by atoms with Crippen molar-refractivity contribution in [1.29, 1.82) is 5.26 Å². The molecule has 9 heteroatoms. The van der Waals surface area contributed by atoms with E-state index >= 15 is 0 Å². The number of sulfone groups is 1. The number of nitrogens with one attached hydrogen (secondary N) is 1. The van der Waals surface area contributed by atoms with Crippen molar-refractivity contribution in [2.45, 2.75) is 11.8 Å². The van der Waals surface area contributed by atoms with Gasteiger partial charge in [-0.2, -0.15) is 5.26 Å². The van der Waals surface area contributed by atoms with Crippen molar-refractivity contribution in [3.63, 3.8) is 0 Å². The number of nitrogens with zero attached hydrogens (tertiary/aromatic N) is 3. The number of hydrogen-bond acceptors (Lipinski definition) is 6. The van der Waals surface area contributed by atoms with Crippen LogP contribution in [0.1, 0.15) is 28.6 Å². The second kappa shape index (κ2) is 9.45. The fraction of sp³-hybridized carbons (Fsp3) is 0.227. The summed E-state index contributed by atoms with van der Waals surface area (Å²) in [5.74, 6) is -0.425. The molecule has 1 unspecified atom stereocenters. The predicted octanol–water partition coefficient (Wildman–Crippen LogP) is 2.12. The lowest BCUT2D eigenvalue weighted by Crippen LogP contribution is -2.35. The molecule has 0 bridgehead atoms. The summed E-state index contributed by atoms with van der Waals surface area (Å²) in [6.07, 6.45) is 3.35. The van der Waals surface area contributed by atoms with E-state index in [4.69, 9.17) is 10.00 Å². The lowest BCUT2D eigenvalue weighted by molar-refractivity contribution is -0.119. The van der Waals surface area contributed by atoms with Crippen LogP contribution in [0.2, 0.25) is 0 Å². The topological polar surface area (TPSA) is 114 Å². The maximum absolute atomic E-state index is 12.7. The first kappa shape index (κ1) is 22.1. The Kier molecular flexibility index (Phi) is 6.72. The maximum Gasteiger partial charge on any atom is 0.236 e. The number of nitriles is 1. The van der Waals surface area contributed by atoms with Gasteiger partial charge in [0.25, 0.3) is 0 Å². The van der Waals surface area contributed by atoms with E-state index in [-0.39, 0.29) is 5.75 Å². The number of carbonyl (C=O) groups is 1. The van der Waals surface area contributed by atoms with Crippen LogP contribution in [0.3, 0.4) is 0 Å². The number of imidazole rings is 1. The minimum absolute atomic E-state index is 0.293. The highest BCUT2D eigenvalue weighted by Crippen LogP contribution is 2.24. The summed E-state index contributed by atoms with van der Waals surface area (Å²) in [5.41, 5.74) is 1.67. The molecule has 1 atom stereocenters. The number of amides is 1. The minimum Gasteiger partial charge on any atom is -0.497 e. The molecule has 3 rings (SSSR count). The van der Waals surface area contributed by atoms with E-state index in [0.717, 1.165) is 0 Å². The van der Waals surface area contributed by atoms with Gasteiger partial charge < -0.3 is 14.6 Å². The first-order valence-corrected chi connectivity index (χ1v) is 11.2. The average Bonchev–Trinajstić information content (AvgIpc) is 3.17. The molecule has 0 aliphatic rings. The van der Waals surface area contributed by atoms with Gasteiger partial charge in [0.05, 0.1) is 24.5 Å². The first-order valence-electron chi connectivity index (χ1n) is 9.41. The van der Waals surface area contributed by atoms with E-state index in [1.54, 1.807) is 73.6 Å². The van der Waals surface area contributed by atoms with Crippen LogP contribution in [0.15, 0.2) is 60.9 Å². The Hall–Kier alpha value is -3.64. The first-order chi connectivity index (χ1) is 14.8. The Labute approximate surface area is 181 Å². The van der Waals surface area contributed by atoms with Crippen LogP contribution in [0.4, 0.5) is 0 Å². The van der Waals surface area contributed by atoms with Crippen LogP contribution >= 0.6 is 0 Å². The number of ether oxygens (including phenoxy) is 1. The van der Waals surface area contributed by atoms with Crippen LogP contribution in [0, 0.1) is 11.3 Å². The van der Waals surface area contributed by atoms with Gasteiger partial charge in [-0.1, -0.05) is 24.3 Å². The molecule has 0 saturated heterocycles. The summed E-state index contributed by atoms with van der Waals surface area (Å²) >= 11 is 0. The Bertz CT molecular complexity index is 1210. The number of rotatable bonds is 8. The number of aromatic nitrogens is 2. The number of methoxy groups -OCH3 is 1. The third-order valence-electron chi connectivity index (χ3n) is 4.67. The Morgan fingerprint density at radius 2 is 2.00 bits per heavy atom. The van der Waals surface area contributed by atoms with Crippen LogP contribution in [0.25, 0.3) is 0 Å². The fourth-order valence-corrected chi connectivity index (χ4v) is 4.44. The minimum atomic E-state index is -3.72. The quantitative estimate of drug-likeness (QED) is 0.576. The fourth-order valence-electron chi connectivity index (χ4n) is 3.16. The zero-order valence-corrected chi connectivity index (χ0v) is 18.0. The van der Waals surface area contributed by atoms with Gasteiger partial charge in [0.15, 0.2) is 9.84 Å². The molecule has 31 heavy (non-hydrogen) atoms. The van der Waals surface area contributed by atoms with Crippen molar-refractivity contribution in [2.75, 3.05) is 12.9 Å². The maximum atomic E-state index is 12.7. The molecule has 0 aliphatic carbocycles. The van der Waals surface area contributed by atoms with Crippen molar-refractivity contribution < 1.29 is 17.9 Å². The van der Waals surface area contributed by atoms with Gasteiger partial charge in [-0.25, -0.2) is 13.4 Å². The highest BCUT2D eigenvalue weighted by atomic mass is 32.2. The molecule has 0 spiro atoms. The van der Waals surface area contributed by atoms with Gasteiger partial charge in [-0.05, 0) is 35.4 Å². The van der Waals surface area contributed by atoms with E-state index in [9.17, 15) is 13.2 Å². The van der Waals surface area contributed by atoms with E-state index in [1.807, 2.05) is 12.1 Å². The number of hydrogen-bond donors (Lipinski definition) is 1. The normalized spacial score (nSPS) is 12.0. The molecular formula is C22H22N4O4S. The van der Waals surface area contributed by atoms with Crippen molar-refractivity contribution in [2.24, 2.45) is 7.05 Å². The number of benzene rings is 2. The van der Waals surface area contributed by atoms with Gasteiger partial charge in [0, 0.05) is 19.4 Å². The highest BCUT2D eigenvalue weighted by molar-refractivity contribution is 7.91. The molecule has 160 valence electrons. The van der Waals surface area contributed by atoms with E-state index in [2.05, 4.69) is 10.3 Å². The van der Waals surface area contributed by atoms with Crippen LogP contribution in [-0.4, -0.2) is 36.7 Å². The third kappa shape index (κ3) is 5.71. The number of carbonyl (C=O) groups excluding carboxylic acids is 1. The van der Waals surface area contributed by atoms with Gasteiger partial charge >= 0.3 is 0 Å². The second-order valence-corrected chi connectivity index (χ2v) is 9.08. The molecule has 8 nitrogen and oxygen atoms in total. The smallest absolute Gasteiger partial charge is 0.236 e. The molecule has 0 aliphatic heterocycles. The highest BCUT2D eigenvalue weighted by Gasteiger charge is 2.24. The molecule has 1 heterocycles. The SMILES string of the molecule is COc1cccc(C(NC(=O)CS(=O)(=O)Cc2ccc(C#N)cc2)c2nccn2C)c1. The van der Waals surface area contributed by atoms with Crippen LogP contribution in [-0.2, 0) is 27.4 Å². The summed E-state index contributed by atoms with van der Waals surface area (Å²) in [4.78, 5) is 17.0. The van der Waals surface area contributed by atoms with E-state index in [0.29, 0.717) is 28.3 Å². The molecule has 0 saturated carbocycles. The van der Waals surface area contributed by atoms with Crippen molar-refractivity contribution >= 4 is 15.7 Å². The standard InChI is InChI=1S/C22H22N4O4S/c1-26-11-10-24-22(26)21(18-4-3-5-19(12-18)30-2)25-20(27)15-31(28,29)14-17-8-6-16(13-23)7-9-17/h3-12,21H,14-15H2,1-2H3,(H,25,27). The molecule has 1 amide bonds. The summed E-state index contributed by atoms with van der Waals surface area (Å²) in [7, 11) is -0.380. The van der Waals surface area contributed by atoms with E-state index < -0.39 is 27.5 Å². The van der Waals surface area contributed by atoms with E-state index in [1.165, 1.54) is 0 Å². The van der Waals surface area contributed by atoms with Crippen molar-refractivity contribution in [3.05, 3.63) is 83.4 Å². The monoisotopic (exact) mass is 438 g/mol. The third-order valence-corrected chi connectivity index (χ3v) is 6.14. The summed E-state index contributed by atoms with van der Waals surface area (Å²) in [5, 5.41) is 11.6. The van der Waals surface area contributed by atoms with Gasteiger partial charge in [-0.15, -0.1) is 0 Å². The summed E-state index contributed by atoms with van der Waals surface area (Å²) < 4.78 is 32.2. The Morgan fingerprint density at radius 1 is 1.26 bits per heavy atom. The average molecular weight is 439 g/mol. The lowest BCUT2D eigenvalue weighted by Gasteiger charge is -2.20. The lowest BCUT2D eigenvalue weighted by atomic mass is 10.1. The van der Waals surface area contributed by atoms with Crippen LogP contribution in [0.5, 0.6) is 5.75 Å².